The number of piperidine rings is 1. The molecule has 0 bridgehead atoms. The van der Waals surface area contributed by atoms with Crippen molar-refractivity contribution in [3.8, 4) is 0 Å². The molecule has 0 spiro atoms. The van der Waals surface area contributed by atoms with E-state index >= 15 is 0 Å². The van der Waals surface area contributed by atoms with Gasteiger partial charge in [0.15, 0.2) is 0 Å². The van der Waals surface area contributed by atoms with Crippen molar-refractivity contribution < 1.29 is 13.2 Å². The standard InChI is InChI=1S/C20H33N3O3S/c1-3-5-11-18(16-21)22-19(24)20(17-9-7-6-8-10-17)12-14-23(15-13-20)27(25,26)4-2/h6-10,18H,3-5,11-16,21H2,1-2H3,(H,22,24). The normalized spacial score (nSPS) is 18.8. The Labute approximate surface area is 163 Å². The summed E-state index contributed by atoms with van der Waals surface area (Å²) in [5.41, 5.74) is 6.11. The smallest absolute Gasteiger partial charge is 0.231 e. The Morgan fingerprint density at radius 3 is 2.37 bits per heavy atom. The van der Waals surface area contributed by atoms with E-state index in [1.54, 1.807) is 6.92 Å². The fourth-order valence-corrected chi connectivity index (χ4v) is 4.86. The van der Waals surface area contributed by atoms with Crippen molar-refractivity contribution in [1.82, 2.24) is 9.62 Å². The fourth-order valence-electron chi connectivity index (χ4n) is 3.76. The zero-order chi connectivity index (χ0) is 19.9. The summed E-state index contributed by atoms with van der Waals surface area (Å²) in [5, 5.41) is 3.15. The lowest BCUT2D eigenvalue weighted by molar-refractivity contribution is -0.129. The Morgan fingerprint density at radius 2 is 1.85 bits per heavy atom. The van der Waals surface area contributed by atoms with Gasteiger partial charge in [-0.2, -0.15) is 0 Å². The van der Waals surface area contributed by atoms with Gasteiger partial charge in [0.25, 0.3) is 0 Å². The third-order valence-corrected chi connectivity index (χ3v) is 7.50. The van der Waals surface area contributed by atoms with Crippen LogP contribution in [0.4, 0.5) is 0 Å². The van der Waals surface area contributed by atoms with E-state index in [1.807, 2.05) is 30.3 Å². The van der Waals surface area contributed by atoms with Gasteiger partial charge < -0.3 is 11.1 Å². The van der Waals surface area contributed by atoms with Crippen LogP contribution in [0.2, 0.25) is 0 Å². The maximum absolute atomic E-state index is 13.3. The maximum atomic E-state index is 13.3. The van der Waals surface area contributed by atoms with Crippen LogP contribution in [-0.4, -0.2) is 50.1 Å². The highest BCUT2D eigenvalue weighted by Gasteiger charge is 2.45. The molecule has 0 saturated carbocycles. The first-order valence-corrected chi connectivity index (χ1v) is 11.5. The Morgan fingerprint density at radius 1 is 1.22 bits per heavy atom. The number of sulfonamides is 1. The van der Waals surface area contributed by atoms with E-state index < -0.39 is 15.4 Å². The number of hydrogen-bond acceptors (Lipinski definition) is 4. The Balaban J connectivity index is 2.24. The maximum Gasteiger partial charge on any atom is 0.231 e. The first kappa shape index (κ1) is 21.9. The molecule has 0 radical (unpaired) electrons. The van der Waals surface area contributed by atoms with Crippen LogP contribution in [0, 0.1) is 0 Å². The van der Waals surface area contributed by atoms with Gasteiger partial charge in [-0.05, 0) is 31.7 Å². The van der Waals surface area contributed by atoms with E-state index in [1.165, 1.54) is 4.31 Å². The van der Waals surface area contributed by atoms with Gasteiger partial charge in [-0.3, -0.25) is 4.79 Å². The summed E-state index contributed by atoms with van der Waals surface area (Å²) in [6, 6.07) is 9.67. The molecule has 3 N–H and O–H groups in total. The number of nitrogens with zero attached hydrogens (tertiary/aromatic N) is 1. The average molecular weight is 396 g/mol. The summed E-state index contributed by atoms with van der Waals surface area (Å²) in [7, 11) is -3.24. The molecular weight excluding hydrogens is 362 g/mol. The molecule has 1 aromatic carbocycles. The zero-order valence-corrected chi connectivity index (χ0v) is 17.3. The molecule has 1 heterocycles. The molecule has 7 heteroatoms. The van der Waals surface area contributed by atoms with Gasteiger partial charge in [0.05, 0.1) is 11.2 Å². The molecule has 0 aromatic heterocycles. The lowest BCUT2D eigenvalue weighted by atomic mass is 9.72. The van der Waals surface area contributed by atoms with Crippen molar-refractivity contribution in [1.29, 1.82) is 0 Å². The topological polar surface area (TPSA) is 92.5 Å². The van der Waals surface area contributed by atoms with Gasteiger partial charge in [0.2, 0.25) is 15.9 Å². The SMILES string of the molecule is CCCCC(CN)NC(=O)C1(c2ccccc2)CCN(S(=O)(=O)CC)CC1. The van der Waals surface area contributed by atoms with Crippen LogP contribution in [0.25, 0.3) is 0 Å². The van der Waals surface area contributed by atoms with E-state index in [9.17, 15) is 13.2 Å². The molecule has 1 amide bonds. The second-order valence-electron chi connectivity index (χ2n) is 7.30. The summed E-state index contributed by atoms with van der Waals surface area (Å²) < 4.78 is 26.0. The number of benzene rings is 1. The van der Waals surface area contributed by atoms with Crippen LogP contribution in [0.3, 0.4) is 0 Å². The molecule has 1 atom stereocenters. The number of carbonyl (C=O) groups is 1. The molecule has 1 aromatic rings. The molecule has 1 fully saturated rings. The molecular formula is C20H33N3O3S. The summed E-state index contributed by atoms with van der Waals surface area (Å²) in [4.78, 5) is 13.3. The van der Waals surface area contributed by atoms with Gasteiger partial charge in [0.1, 0.15) is 0 Å². The van der Waals surface area contributed by atoms with Crippen molar-refractivity contribution in [3.05, 3.63) is 35.9 Å². The van der Waals surface area contributed by atoms with E-state index in [-0.39, 0.29) is 17.7 Å². The molecule has 1 aliphatic rings. The number of rotatable bonds is 9. The third-order valence-electron chi connectivity index (χ3n) is 5.62. The van der Waals surface area contributed by atoms with Crippen LogP contribution in [0.15, 0.2) is 30.3 Å². The summed E-state index contributed by atoms with van der Waals surface area (Å²) >= 11 is 0. The van der Waals surface area contributed by atoms with E-state index in [0.717, 1.165) is 24.8 Å². The second-order valence-corrected chi connectivity index (χ2v) is 9.55. The van der Waals surface area contributed by atoms with Gasteiger partial charge in [-0.1, -0.05) is 50.1 Å². The molecule has 6 nitrogen and oxygen atoms in total. The van der Waals surface area contributed by atoms with E-state index in [2.05, 4.69) is 12.2 Å². The average Bonchev–Trinajstić information content (AvgIpc) is 2.71. The first-order valence-electron chi connectivity index (χ1n) is 9.94. The Bertz CT molecular complexity index is 698. The van der Waals surface area contributed by atoms with Crippen LogP contribution in [0.1, 0.15) is 51.5 Å². The van der Waals surface area contributed by atoms with Gasteiger partial charge >= 0.3 is 0 Å². The highest BCUT2D eigenvalue weighted by molar-refractivity contribution is 7.89. The molecule has 152 valence electrons. The molecule has 1 unspecified atom stereocenters. The lowest BCUT2D eigenvalue weighted by Crippen LogP contribution is -2.55. The quantitative estimate of drug-likeness (QED) is 0.669. The van der Waals surface area contributed by atoms with Crippen molar-refractivity contribution in [3.63, 3.8) is 0 Å². The second kappa shape index (κ2) is 9.66. The van der Waals surface area contributed by atoms with Crippen LogP contribution in [0.5, 0.6) is 0 Å². The predicted molar refractivity (Wildman–Crippen MR) is 109 cm³/mol. The summed E-state index contributed by atoms with van der Waals surface area (Å²) in [6.07, 6.45) is 3.89. The summed E-state index contributed by atoms with van der Waals surface area (Å²) in [5.74, 6) is 0.0536. The lowest BCUT2D eigenvalue weighted by Gasteiger charge is -2.41. The minimum atomic E-state index is -3.24. The fraction of sp³-hybridized carbons (Fsp3) is 0.650. The molecule has 1 aliphatic heterocycles. The number of hydrogen-bond donors (Lipinski definition) is 2. The van der Waals surface area contributed by atoms with Crippen LogP contribution in [-0.2, 0) is 20.2 Å². The van der Waals surface area contributed by atoms with Crippen molar-refractivity contribution in [2.45, 2.75) is 57.4 Å². The minimum Gasteiger partial charge on any atom is -0.351 e. The monoisotopic (exact) mass is 395 g/mol. The zero-order valence-electron chi connectivity index (χ0n) is 16.5. The molecule has 1 saturated heterocycles. The molecule has 0 aliphatic carbocycles. The first-order chi connectivity index (χ1) is 12.9. The van der Waals surface area contributed by atoms with Crippen LogP contribution >= 0.6 is 0 Å². The highest BCUT2D eigenvalue weighted by atomic mass is 32.2. The number of nitrogens with two attached hydrogens (primary N) is 1. The number of unbranched alkanes of at least 4 members (excludes halogenated alkanes) is 1. The summed E-state index contributed by atoms with van der Waals surface area (Å²) in [6.45, 7) is 4.90. The van der Waals surface area contributed by atoms with Gasteiger partial charge in [-0.15, -0.1) is 0 Å². The van der Waals surface area contributed by atoms with Crippen molar-refractivity contribution in [2.24, 2.45) is 5.73 Å². The van der Waals surface area contributed by atoms with Crippen LogP contribution < -0.4 is 11.1 Å². The van der Waals surface area contributed by atoms with Gasteiger partial charge in [-0.25, -0.2) is 12.7 Å². The largest absolute Gasteiger partial charge is 0.351 e. The van der Waals surface area contributed by atoms with Crippen molar-refractivity contribution in [2.75, 3.05) is 25.4 Å². The van der Waals surface area contributed by atoms with Crippen molar-refractivity contribution >= 4 is 15.9 Å². The Hall–Kier alpha value is -1.44. The number of nitrogens with one attached hydrogen (secondary N) is 1. The molecule has 27 heavy (non-hydrogen) atoms. The number of carbonyl (C=O) groups excluding carboxylic acids is 1. The third kappa shape index (κ3) is 5.09. The highest BCUT2D eigenvalue weighted by Crippen LogP contribution is 2.37. The number of amides is 1. The van der Waals surface area contributed by atoms with Gasteiger partial charge in [0, 0.05) is 25.7 Å². The van der Waals surface area contributed by atoms with E-state index in [0.29, 0.717) is 32.5 Å². The minimum absolute atomic E-state index is 0.0335. The predicted octanol–water partition coefficient (Wildman–Crippen LogP) is 2.00. The molecule has 2 rings (SSSR count). The Kier molecular flexibility index (Phi) is 7.82. The van der Waals surface area contributed by atoms with E-state index in [4.69, 9.17) is 5.73 Å².